The van der Waals surface area contributed by atoms with Crippen LogP contribution in [0, 0.1) is 17.0 Å². The quantitative estimate of drug-likeness (QED) is 0.152. The van der Waals surface area contributed by atoms with Gasteiger partial charge in [0.25, 0.3) is 5.56 Å². The van der Waals surface area contributed by atoms with E-state index in [0.29, 0.717) is 10.5 Å². The Balaban J connectivity index is 1.68. The molecule has 37 heavy (non-hydrogen) atoms. The SMILES string of the molecule is Cc1c(N=c2scc(-c3cccc(Br)c3)n2N=Cc2ccc([N+](=O)[O-])o2)c(=O)n(-c2ccccc2)n1C. The minimum absolute atomic E-state index is 0.207. The Hall–Kier alpha value is -4.29. The zero-order valence-electron chi connectivity index (χ0n) is 19.6. The fourth-order valence-corrected chi connectivity index (χ4v) is 4.98. The number of furan rings is 1. The van der Waals surface area contributed by atoms with Gasteiger partial charge in [-0.3, -0.25) is 19.6 Å². The topological polar surface area (TPSA) is 113 Å². The van der Waals surface area contributed by atoms with E-state index in [9.17, 15) is 14.9 Å². The monoisotopic (exact) mass is 578 g/mol. The molecule has 0 radical (unpaired) electrons. The lowest BCUT2D eigenvalue weighted by Crippen LogP contribution is -2.19. The largest absolute Gasteiger partial charge is 0.433 e. The summed E-state index contributed by atoms with van der Waals surface area (Å²) in [5.74, 6) is -0.172. The lowest BCUT2D eigenvalue weighted by molar-refractivity contribution is -0.402. The van der Waals surface area contributed by atoms with E-state index in [1.54, 1.807) is 21.1 Å². The summed E-state index contributed by atoms with van der Waals surface area (Å²) in [5.41, 5.74) is 3.02. The van der Waals surface area contributed by atoms with Crippen LogP contribution >= 0.6 is 27.3 Å². The fraction of sp³-hybridized carbons (Fsp3) is 0.0800. The number of nitrogens with zero attached hydrogens (tertiary/aromatic N) is 6. The van der Waals surface area contributed by atoms with Gasteiger partial charge in [0.1, 0.15) is 4.92 Å². The summed E-state index contributed by atoms with van der Waals surface area (Å²) in [4.78, 5) is 29.0. The van der Waals surface area contributed by atoms with Crippen molar-refractivity contribution in [3.63, 3.8) is 0 Å². The molecule has 0 fully saturated rings. The van der Waals surface area contributed by atoms with Gasteiger partial charge < -0.3 is 4.42 Å². The van der Waals surface area contributed by atoms with Gasteiger partial charge in [0.05, 0.1) is 29.4 Å². The third-order valence-electron chi connectivity index (χ3n) is 5.63. The van der Waals surface area contributed by atoms with E-state index in [1.165, 1.54) is 29.7 Å². The van der Waals surface area contributed by atoms with Gasteiger partial charge in [-0.2, -0.15) is 5.10 Å². The highest BCUT2D eigenvalue weighted by atomic mass is 79.9. The maximum atomic E-state index is 13.4. The first-order valence-corrected chi connectivity index (χ1v) is 12.6. The molecule has 5 rings (SSSR count). The molecule has 0 atom stereocenters. The van der Waals surface area contributed by atoms with Gasteiger partial charge in [-0.05, 0) is 37.3 Å². The molecule has 0 bridgehead atoms. The highest BCUT2D eigenvalue weighted by molar-refractivity contribution is 9.10. The zero-order chi connectivity index (χ0) is 26.1. The Bertz CT molecular complexity index is 1770. The van der Waals surface area contributed by atoms with Crippen LogP contribution in [0.4, 0.5) is 11.6 Å². The molecule has 0 saturated carbocycles. The number of hydrogen-bond donors (Lipinski definition) is 0. The molecule has 0 unspecified atom stereocenters. The van der Waals surface area contributed by atoms with Crippen LogP contribution in [0.5, 0.6) is 0 Å². The lowest BCUT2D eigenvalue weighted by atomic mass is 10.2. The minimum atomic E-state index is -0.612. The molecule has 2 aromatic carbocycles. The number of para-hydroxylation sites is 1. The maximum Gasteiger partial charge on any atom is 0.433 e. The summed E-state index contributed by atoms with van der Waals surface area (Å²) in [6.07, 6.45) is 1.38. The van der Waals surface area contributed by atoms with Crippen molar-refractivity contribution >= 4 is 45.1 Å². The second-order valence-corrected chi connectivity index (χ2v) is 9.68. The van der Waals surface area contributed by atoms with E-state index in [4.69, 9.17) is 9.41 Å². The molecule has 186 valence electrons. The molecule has 12 heteroatoms. The molecule has 3 aromatic heterocycles. The minimum Gasteiger partial charge on any atom is -0.400 e. The van der Waals surface area contributed by atoms with Crippen molar-refractivity contribution in [3.05, 3.63) is 113 Å². The highest BCUT2D eigenvalue weighted by Gasteiger charge is 2.17. The normalized spacial score (nSPS) is 12.0. The summed E-state index contributed by atoms with van der Waals surface area (Å²) >= 11 is 4.81. The van der Waals surface area contributed by atoms with Crippen LogP contribution in [-0.2, 0) is 7.05 Å². The van der Waals surface area contributed by atoms with Gasteiger partial charge in [-0.1, -0.05) is 46.3 Å². The number of aromatic nitrogens is 3. The van der Waals surface area contributed by atoms with Gasteiger partial charge in [0.2, 0.25) is 4.80 Å². The van der Waals surface area contributed by atoms with Gasteiger partial charge >= 0.3 is 5.88 Å². The smallest absolute Gasteiger partial charge is 0.400 e. The van der Waals surface area contributed by atoms with Crippen LogP contribution < -0.4 is 10.4 Å². The first kappa shape index (κ1) is 24.4. The highest BCUT2D eigenvalue weighted by Crippen LogP contribution is 2.25. The molecule has 0 aliphatic heterocycles. The first-order chi connectivity index (χ1) is 17.8. The Labute approximate surface area is 222 Å². The van der Waals surface area contributed by atoms with Gasteiger partial charge in [-0.25, -0.2) is 14.4 Å². The van der Waals surface area contributed by atoms with Crippen molar-refractivity contribution in [1.82, 2.24) is 14.0 Å². The van der Waals surface area contributed by atoms with Gasteiger partial charge in [0.15, 0.2) is 11.4 Å². The van der Waals surface area contributed by atoms with Crippen molar-refractivity contribution in [2.45, 2.75) is 6.92 Å². The molecule has 0 saturated heterocycles. The average molecular weight is 579 g/mol. The third-order valence-corrected chi connectivity index (χ3v) is 6.94. The maximum absolute atomic E-state index is 13.4. The first-order valence-electron chi connectivity index (χ1n) is 11.0. The number of nitro groups is 1. The Morgan fingerprint density at radius 2 is 1.89 bits per heavy atom. The zero-order valence-corrected chi connectivity index (χ0v) is 22.0. The standard InChI is InChI=1S/C25H19BrN6O4S/c1-16-23(24(33)31(29(16)2)19-9-4-3-5-10-19)28-25-30(27-14-20-11-12-22(36-20)32(34)35)21(15-37-25)17-7-6-8-18(26)13-17/h3-15H,1-2H3. The number of hydrogen-bond acceptors (Lipinski definition) is 7. The van der Waals surface area contributed by atoms with E-state index in [-0.39, 0.29) is 22.9 Å². The van der Waals surface area contributed by atoms with E-state index >= 15 is 0 Å². The molecule has 10 nitrogen and oxygen atoms in total. The van der Waals surface area contributed by atoms with E-state index in [1.807, 2.05) is 66.9 Å². The average Bonchev–Trinajstić information content (AvgIpc) is 3.58. The number of halogens is 1. The van der Waals surface area contributed by atoms with E-state index in [0.717, 1.165) is 21.4 Å². The predicted molar refractivity (Wildman–Crippen MR) is 145 cm³/mol. The van der Waals surface area contributed by atoms with Crippen molar-refractivity contribution in [3.8, 4) is 16.9 Å². The molecule has 0 amide bonds. The van der Waals surface area contributed by atoms with Crippen molar-refractivity contribution in [2.75, 3.05) is 0 Å². The molecular weight excluding hydrogens is 560 g/mol. The van der Waals surface area contributed by atoms with Crippen LogP contribution in [0.15, 0.2) is 95.9 Å². The summed E-state index contributed by atoms with van der Waals surface area (Å²) in [7, 11) is 1.81. The number of thiazole rings is 1. The number of benzene rings is 2. The van der Waals surface area contributed by atoms with Crippen LogP contribution in [0.1, 0.15) is 11.5 Å². The van der Waals surface area contributed by atoms with Crippen LogP contribution in [-0.4, -0.2) is 25.2 Å². The lowest BCUT2D eigenvalue weighted by Gasteiger charge is -2.07. The number of rotatable bonds is 6. The summed E-state index contributed by atoms with van der Waals surface area (Å²) < 4.78 is 11.0. The third kappa shape index (κ3) is 4.76. The summed E-state index contributed by atoms with van der Waals surface area (Å²) in [5, 5.41) is 17.4. The predicted octanol–water partition coefficient (Wildman–Crippen LogP) is 5.39. The van der Waals surface area contributed by atoms with E-state index < -0.39 is 4.92 Å². The molecule has 5 aromatic rings. The van der Waals surface area contributed by atoms with Gasteiger partial charge in [-0.15, -0.1) is 11.3 Å². The Morgan fingerprint density at radius 1 is 1.11 bits per heavy atom. The second-order valence-electron chi connectivity index (χ2n) is 7.93. The summed E-state index contributed by atoms with van der Waals surface area (Å²) in [6, 6.07) is 19.7. The Kier molecular flexibility index (Phi) is 6.59. The van der Waals surface area contributed by atoms with Crippen LogP contribution in [0.3, 0.4) is 0 Å². The van der Waals surface area contributed by atoms with Crippen molar-refractivity contribution < 1.29 is 9.34 Å². The molecule has 0 spiro atoms. The fourth-order valence-electron chi connectivity index (χ4n) is 3.74. The molecule has 0 N–H and O–H groups in total. The molecule has 3 heterocycles. The van der Waals surface area contributed by atoms with E-state index in [2.05, 4.69) is 21.0 Å². The summed E-state index contributed by atoms with van der Waals surface area (Å²) in [6.45, 7) is 1.83. The Morgan fingerprint density at radius 3 is 2.59 bits per heavy atom. The molecule has 0 aliphatic carbocycles. The van der Waals surface area contributed by atoms with Crippen LogP contribution in [0.2, 0.25) is 0 Å². The molecule has 0 aliphatic rings. The molecular formula is C25H19BrN6O4S. The van der Waals surface area contributed by atoms with Crippen molar-refractivity contribution in [1.29, 1.82) is 0 Å². The van der Waals surface area contributed by atoms with Crippen LogP contribution in [0.25, 0.3) is 16.9 Å². The van der Waals surface area contributed by atoms with Gasteiger partial charge in [0, 0.05) is 22.5 Å². The van der Waals surface area contributed by atoms with Crippen molar-refractivity contribution in [2.24, 2.45) is 17.1 Å². The second kappa shape index (κ2) is 9.99.